The van der Waals surface area contributed by atoms with E-state index in [0.717, 1.165) is 77.0 Å². The largest absolute Gasteiger partial charge is 0.462 e. The lowest BCUT2D eigenvalue weighted by Gasteiger charge is -2.15. The Kier molecular flexibility index (Phi) is 44.0. The molecule has 5 nitrogen and oxygen atoms in total. The SMILES string of the molecule is CC/C=C/C/C=C/C/C=C/C/C=C/C/C=C/CCCCCC(=O)OC[C@H](CO)OC(=O)CCCCCCCCCCCCCCCCCCCCCCCC. The Labute approximate surface area is 341 Å². The molecule has 0 aromatic rings. The van der Waals surface area contributed by atoms with Gasteiger partial charge in [0.2, 0.25) is 0 Å². The quantitative estimate of drug-likeness (QED) is 0.0380. The first-order chi connectivity index (χ1) is 27.1. The Balaban J connectivity index is 3.55. The average Bonchev–Trinajstić information content (AvgIpc) is 3.19. The third kappa shape index (κ3) is 44.2. The average molecular weight is 769 g/mol. The summed E-state index contributed by atoms with van der Waals surface area (Å²) in [6, 6.07) is 0. The van der Waals surface area contributed by atoms with Crippen LogP contribution in [-0.2, 0) is 19.1 Å². The summed E-state index contributed by atoms with van der Waals surface area (Å²) in [4.78, 5) is 24.4. The lowest BCUT2D eigenvalue weighted by atomic mass is 10.0. The Hall–Kier alpha value is -2.40. The molecule has 0 saturated carbocycles. The van der Waals surface area contributed by atoms with Crippen LogP contribution >= 0.6 is 0 Å². The number of ether oxygens (including phenoxy) is 2. The van der Waals surface area contributed by atoms with E-state index < -0.39 is 6.10 Å². The summed E-state index contributed by atoms with van der Waals surface area (Å²) >= 11 is 0. The second kappa shape index (κ2) is 46.0. The molecule has 0 saturated heterocycles. The molecule has 318 valence electrons. The maximum absolute atomic E-state index is 12.2. The van der Waals surface area contributed by atoms with Crippen molar-refractivity contribution in [3.8, 4) is 0 Å². The minimum Gasteiger partial charge on any atom is -0.462 e. The second-order valence-electron chi connectivity index (χ2n) is 15.5. The number of hydrogen-bond acceptors (Lipinski definition) is 5. The molecular formula is C50H88O5. The number of rotatable bonds is 42. The highest BCUT2D eigenvalue weighted by Gasteiger charge is 2.16. The lowest BCUT2D eigenvalue weighted by Crippen LogP contribution is -2.28. The molecule has 5 heteroatoms. The van der Waals surface area contributed by atoms with E-state index in [2.05, 4.69) is 74.6 Å². The highest BCUT2D eigenvalue weighted by atomic mass is 16.6. The Morgan fingerprint density at radius 2 is 0.782 bits per heavy atom. The van der Waals surface area contributed by atoms with Crippen molar-refractivity contribution in [2.24, 2.45) is 0 Å². The fourth-order valence-electron chi connectivity index (χ4n) is 6.58. The second-order valence-corrected chi connectivity index (χ2v) is 15.5. The predicted molar refractivity (Wildman–Crippen MR) is 237 cm³/mol. The molecule has 55 heavy (non-hydrogen) atoms. The van der Waals surface area contributed by atoms with Crippen LogP contribution in [-0.4, -0.2) is 36.4 Å². The van der Waals surface area contributed by atoms with Crippen LogP contribution in [0.25, 0.3) is 0 Å². The van der Waals surface area contributed by atoms with Crippen LogP contribution in [0.3, 0.4) is 0 Å². The fraction of sp³-hybridized carbons (Fsp3) is 0.760. The molecule has 1 atom stereocenters. The van der Waals surface area contributed by atoms with Crippen molar-refractivity contribution in [2.75, 3.05) is 13.2 Å². The van der Waals surface area contributed by atoms with Gasteiger partial charge in [0.05, 0.1) is 6.61 Å². The number of unbranched alkanes of at least 4 members (excludes halogenated alkanes) is 24. The molecule has 0 aliphatic heterocycles. The summed E-state index contributed by atoms with van der Waals surface area (Å²) in [7, 11) is 0. The van der Waals surface area contributed by atoms with Crippen molar-refractivity contribution >= 4 is 11.9 Å². The van der Waals surface area contributed by atoms with Crippen LogP contribution in [0, 0.1) is 0 Å². The van der Waals surface area contributed by atoms with Gasteiger partial charge in [0.25, 0.3) is 0 Å². The zero-order valence-electron chi connectivity index (χ0n) is 36.2. The van der Waals surface area contributed by atoms with Gasteiger partial charge in [-0.05, 0) is 57.8 Å². The molecule has 0 heterocycles. The summed E-state index contributed by atoms with van der Waals surface area (Å²) in [5, 5.41) is 9.60. The van der Waals surface area contributed by atoms with Gasteiger partial charge in [-0.15, -0.1) is 0 Å². The number of aliphatic hydroxyl groups excluding tert-OH is 1. The van der Waals surface area contributed by atoms with E-state index >= 15 is 0 Å². The topological polar surface area (TPSA) is 72.8 Å². The standard InChI is InChI=1S/C50H88O5/c1-3-5-7-9-11-13-15-17-19-21-23-24-25-27-29-31-33-35-37-39-41-43-45-50(53)55-48(46-51)47-54-49(52)44-42-40-38-36-34-32-30-28-26-22-20-18-16-14-12-10-8-6-4-2/h6,8,12,14,18,20,26,28,32,34,48,51H,3-5,7,9-11,13,15-17,19,21-25,27,29-31,33,35-47H2,1-2H3/b8-6+,14-12+,20-18+,28-26+,34-32+/t48-/m0/s1. The van der Waals surface area contributed by atoms with Gasteiger partial charge in [-0.25, -0.2) is 0 Å². The Morgan fingerprint density at radius 1 is 0.436 bits per heavy atom. The van der Waals surface area contributed by atoms with E-state index in [-0.39, 0.29) is 25.2 Å². The molecular weight excluding hydrogens is 681 g/mol. The minimum atomic E-state index is -0.786. The van der Waals surface area contributed by atoms with E-state index in [0.29, 0.717) is 12.8 Å². The molecule has 0 fully saturated rings. The van der Waals surface area contributed by atoms with Gasteiger partial charge in [-0.2, -0.15) is 0 Å². The maximum Gasteiger partial charge on any atom is 0.306 e. The van der Waals surface area contributed by atoms with Crippen LogP contribution in [0.4, 0.5) is 0 Å². The van der Waals surface area contributed by atoms with Crippen molar-refractivity contribution in [1.82, 2.24) is 0 Å². The van der Waals surface area contributed by atoms with Crippen LogP contribution in [0.15, 0.2) is 60.8 Å². The molecule has 0 aliphatic rings. The zero-order valence-corrected chi connectivity index (χ0v) is 36.2. The maximum atomic E-state index is 12.2. The summed E-state index contributed by atoms with van der Waals surface area (Å²) < 4.78 is 10.6. The normalized spacial score (nSPS) is 12.7. The predicted octanol–water partition coefficient (Wildman–Crippen LogP) is 15.1. The highest BCUT2D eigenvalue weighted by Crippen LogP contribution is 2.16. The van der Waals surface area contributed by atoms with E-state index in [1.54, 1.807) is 0 Å². The summed E-state index contributed by atoms with van der Waals surface area (Å²) in [6.07, 6.45) is 60.2. The lowest BCUT2D eigenvalue weighted by molar-refractivity contribution is -0.161. The van der Waals surface area contributed by atoms with Crippen molar-refractivity contribution in [1.29, 1.82) is 0 Å². The molecule has 0 aromatic heterocycles. The first-order valence-corrected chi connectivity index (χ1v) is 23.3. The van der Waals surface area contributed by atoms with Crippen LogP contribution in [0.2, 0.25) is 0 Å². The summed E-state index contributed by atoms with van der Waals surface area (Å²) in [6.45, 7) is 4.02. The van der Waals surface area contributed by atoms with Crippen molar-refractivity contribution in [3.63, 3.8) is 0 Å². The molecule has 0 spiro atoms. The summed E-state index contributed by atoms with van der Waals surface area (Å²) in [5.41, 5.74) is 0. The van der Waals surface area contributed by atoms with E-state index in [4.69, 9.17) is 9.47 Å². The van der Waals surface area contributed by atoms with E-state index in [1.807, 2.05) is 0 Å². The van der Waals surface area contributed by atoms with E-state index in [9.17, 15) is 14.7 Å². The van der Waals surface area contributed by atoms with Gasteiger partial charge in [0.15, 0.2) is 6.10 Å². The number of esters is 2. The van der Waals surface area contributed by atoms with Gasteiger partial charge < -0.3 is 14.6 Å². The smallest absolute Gasteiger partial charge is 0.306 e. The monoisotopic (exact) mass is 769 g/mol. The first kappa shape index (κ1) is 52.6. The van der Waals surface area contributed by atoms with Gasteiger partial charge >= 0.3 is 11.9 Å². The molecule has 0 radical (unpaired) electrons. The Bertz CT molecular complexity index is 961. The van der Waals surface area contributed by atoms with Gasteiger partial charge in [0, 0.05) is 12.8 Å². The number of allylic oxidation sites excluding steroid dienone is 10. The fourth-order valence-corrected chi connectivity index (χ4v) is 6.58. The Morgan fingerprint density at radius 3 is 1.18 bits per heavy atom. The molecule has 0 amide bonds. The van der Waals surface area contributed by atoms with Crippen LogP contribution in [0.1, 0.15) is 226 Å². The zero-order chi connectivity index (χ0) is 40.0. The number of carbonyl (C=O) groups is 2. The van der Waals surface area contributed by atoms with Crippen molar-refractivity contribution in [2.45, 2.75) is 232 Å². The van der Waals surface area contributed by atoms with Crippen LogP contribution in [0.5, 0.6) is 0 Å². The van der Waals surface area contributed by atoms with Gasteiger partial charge in [-0.3, -0.25) is 9.59 Å². The summed E-state index contributed by atoms with van der Waals surface area (Å²) in [5.74, 6) is -0.623. The van der Waals surface area contributed by atoms with Gasteiger partial charge in [-0.1, -0.05) is 216 Å². The van der Waals surface area contributed by atoms with Crippen molar-refractivity contribution < 1.29 is 24.2 Å². The molecule has 1 N–H and O–H groups in total. The van der Waals surface area contributed by atoms with Crippen molar-refractivity contribution in [3.05, 3.63) is 60.8 Å². The molecule has 0 bridgehead atoms. The first-order valence-electron chi connectivity index (χ1n) is 23.3. The number of aliphatic hydroxyl groups is 1. The third-order valence-electron chi connectivity index (χ3n) is 10.1. The highest BCUT2D eigenvalue weighted by molar-refractivity contribution is 5.70. The van der Waals surface area contributed by atoms with E-state index in [1.165, 1.54) is 122 Å². The number of carbonyl (C=O) groups excluding carboxylic acids is 2. The molecule has 0 unspecified atom stereocenters. The minimum absolute atomic E-state index is 0.0829. The third-order valence-corrected chi connectivity index (χ3v) is 10.1. The van der Waals surface area contributed by atoms with Crippen LogP contribution < -0.4 is 0 Å². The van der Waals surface area contributed by atoms with Gasteiger partial charge in [0.1, 0.15) is 6.61 Å². The molecule has 0 aliphatic carbocycles. The molecule has 0 rings (SSSR count). The molecule has 0 aromatic carbocycles. The number of hydrogen-bond donors (Lipinski definition) is 1.